The molecule has 0 spiro atoms. The summed E-state index contributed by atoms with van der Waals surface area (Å²) in [6.07, 6.45) is 8.02. The first-order chi connectivity index (χ1) is 15.2. The van der Waals surface area contributed by atoms with Crippen molar-refractivity contribution in [2.45, 2.75) is 44.0 Å². The summed E-state index contributed by atoms with van der Waals surface area (Å²) in [5.74, 6) is 2.82. The molecule has 0 amide bonds. The summed E-state index contributed by atoms with van der Waals surface area (Å²) in [6, 6.07) is 2.19. The number of hydrogen-bond donors (Lipinski definition) is 1. The lowest BCUT2D eigenvalue weighted by molar-refractivity contribution is 0.148. The maximum atomic E-state index is 12.5. The van der Waals surface area contributed by atoms with Crippen LogP contribution in [-0.4, -0.2) is 65.9 Å². The quantitative estimate of drug-likeness (QED) is 0.619. The van der Waals surface area contributed by atoms with E-state index in [2.05, 4.69) is 30.4 Å². The van der Waals surface area contributed by atoms with E-state index >= 15 is 0 Å². The molecule has 164 valence electrons. The number of likely N-dealkylation sites (tertiary alicyclic amines) is 1. The van der Waals surface area contributed by atoms with Gasteiger partial charge in [-0.15, -0.1) is 0 Å². The van der Waals surface area contributed by atoms with Gasteiger partial charge in [-0.05, 0) is 30.7 Å². The predicted octanol–water partition coefficient (Wildman–Crippen LogP) is 1.68. The summed E-state index contributed by atoms with van der Waals surface area (Å²) in [6.45, 7) is 3.33. The monoisotopic (exact) mass is 440 g/mol. The van der Waals surface area contributed by atoms with Crippen molar-refractivity contribution in [3.05, 3.63) is 40.2 Å². The van der Waals surface area contributed by atoms with Crippen LogP contribution in [-0.2, 0) is 25.8 Å². The summed E-state index contributed by atoms with van der Waals surface area (Å²) >= 11 is 1.88. The normalized spacial score (nSPS) is 19.5. The molecule has 5 heterocycles. The minimum absolute atomic E-state index is 0.0212. The van der Waals surface area contributed by atoms with E-state index < -0.39 is 0 Å². The summed E-state index contributed by atoms with van der Waals surface area (Å²) in [5, 5.41) is 13.5. The second-order valence-electron chi connectivity index (χ2n) is 8.31. The highest BCUT2D eigenvalue weighted by molar-refractivity contribution is 7.98. The fourth-order valence-electron chi connectivity index (χ4n) is 4.53. The van der Waals surface area contributed by atoms with Crippen LogP contribution >= 0.6 is 11.8 Å². The van der Waals surface area contributed by atoms with E-state index in [9.17, 15) is 4.79 Å². The van der Waals surface area contributed by atoms with E-state index in [1.165, 1.54) is 12.8 Å². The number of thioether (sulfide) groups is 1. The number of piperidine rings is 1. The van der Waals surface area contributed by atoms with E-state index in [0.717, 1.165) is 66.4 Å². The topological polar surface area (TPSA) is 93.8 Å². The van der Waals surface area contributed by atoms with Crippen LogP contribution in [0.15, 0.2) is 23.4 Å². The zero-order valence-electron chi connectivity index (χ0n) is 17.8. The van der Waals surface area contributed by atoms with Crippen molar-refractivity contribution in [1.82, 2.24) is 34.4 Å². The number of fused-ring (bicyclic) bond motifs is 2. The van der Waals surface area contributed by atoms with Crippen LogP contribution in [0.3, 0.4) is 0 Å². The first-order valence-corrected chi connectivity index (χ1v) is 12.1. The molecule has 9 nitrogen and oxygen atoms in total. The maximum absolute atomic E-state index is 12.5. The Morgan fingerprint density at radius 2 is 2.16 bits per heavy atom. The highest BCUT2D eigenvalue weighted by Gasteiger charge is 2.23. The van der Waals surface area contributed by atoms with Crippen molar-refractivity contribution in [3.8, 4) is 0 Å². The van der Waals surface area contributed by atoms with Crippen molar-refractivity contribution >= 4 is 28.6 Å². The maximum Gasteiger partial charge on any atom is 0.267 e. The molecule has 0 bridgehead atoms. The minimum atomic E-state index is 0.0212. The molecule has 5 rings (SSSR count). The van der Waals surface area contributed by atoms with Gasteiger partial charge >= 0.3 is 0 Å². The zero-order chi connectivity index (χ0) is 21.2. The highest BCUT2D eigenvalue weighted by atomic mass is 32.2. The Morgan fingerprint density at radius 1 is 1.23 bits per heavy atom. The van der Waals surface area contributed by atoms with Gasteiger partial charge in [0.05, 0.1) is 17.6 Å². The second-order valence-corrected chi connectivity index (χ2v) is 9.41. The minimum Gasteiger partial charge on any atom is -0.368 e. The van der Waals surface area contributed by atoms with Crippen LogP contribution in [0.1, 0.15) is 30.5 Å². The van der Waals surface area contributed by atoms with Gasteiger partial charge in [0.2, 0.25) is 0 Å². The van der Waals surface area contributed by atoms with Gasteiger partial charge in [0.25, 0.3) is 5.56 Å². The Morgan fingerprint density at radius 3 is 3.10 bits per heavy atom. The Kier molecular flexibility index (Phi) is 5.91. The van der Waals surface area contributed by atoms with Crippen molar-refractivity contribution in [2.75, 3.05) is 30.7 Å². The van der Waals surface area contributed by atoms with Crippen molar-refractivity contribution in [1.29, 1.82) is 0 Å². The molecule has 10 heteroatoms. The summed E-state index contributed by atoms with van der Waals surface area (Å²) in [4.78, 5) is 23.7. The number of nitrogens with zero attached hydrogens (tertiary/aromatic N) is 7. The average molecular weight is 441 g/mol. The third kappa shape index (κ3) is 4.45. The molecule has 2 aliphatic heterocycles. The highest BCUT2D eigenvalue weighted by Crippen LogP contribution is 2.22. The van der Waals surface area contributed by atoms with Gasteiger partial charge in [0.1, 0.15) is 12.1 Å². The van der Waals surface area contributed by atoms with E-state index in [-0.39, 0.29) is 5.56 Å². The molecule has 2 aliphatic rings. The lowest BCUT2D eigenvalue weighted by Gasteiger charge is -2.36. The van der Waals surface area contributed by atoms with Crippen molar-refractivity contribution in [2.24, 2.45) is 7.05 Å². The molecule has 3 aromatic heterocycles. The largest absolute Gasteiger partial charge is 0.368 e. The lowest BCUT2D eigenvalue weighted by Crippen LogP contribution is -2.45. The van der Waals surface area contributed by atoms with Crippen molar-refractivity contribution in [3.63, 3.8) is 0 Å². The van der Waals surface area contributed by atoms with Crippen LogP contribution in [0.4, 0.5) is 5.82 Å². The predicted molar refractivity (Wildman–Crippen MR) is 122 cm³/mol. The Hall–Kier alpha value is -2.46. The number of aromatic nitrogens is 6. The number of aryl methyl sites for hydroxylation is 2. The zero-order valence-corrected chi connectivity index (χ0v) is 18.6. The molecule has 0 aliphatic carbocycles. The summed E-state index contributed by atoms with van der Waals surface area (Å²) in [7, 11) is 1.89. The molecule has 31 heavy (non-hydrogen) atoms. The van der Waals surface area contributed by atoms with Crippen LogP contribution in [0, 0.1) is 0 Å². The lowest BCUT2D eigenvalue weighted by atomic mass is 10.0. The van der Waals surface area contributed by atoms with Gasteiger partial charge in [-0.3, -0.25) is 14.4 Å². The van der Waals surface area contributed by atoms with Gasteiger partial charge in [0, 0.05) is 50.6 Å². The van der Waals surface area contributed by atoms with Gasteiger partial charge in [0.15, 0.2) is 5.65 Å². The first kappa shape index (κ1) is 20.4. The van der Waals surface area contributed by atoms with Gasteiger partial charge < -0.3 is 5.32 Å². The molecule has 3 aromatic rings. The first-order valence-electron chi connectivity index (χ1n) is 11.0. The molecule has 0 radical (unpaired) electrons. The Bertz CT molecular complexity index is 1130. The van der Waals surface area contributed by atoms with Crippen LogP contribution < -0.4 is 10.9 Å². The van der Waals surface area contributed by atoms with Crippen LogP contribution in [0.5, 0.6) is 0 Å². The standard InChI is InChI=1S/C21H28N8OS/c1-27-12-17-20(23-14-24-21(17)26-27)22-11-16-4-2-3-6-28(16)7-8-29-19(30)10-15-13-31-9-5-18(15)25-29/h10,12,14,16H,2-9,11,13H2,1H3,(H,22,23,24,26). The third-order valence-electron chi connectivity index (χ3n) is 6.19. The molecule has 1 fully saturated rings. The second kappa shape index (κ2) is 8.96. The number of hydrogen-bond acceptors (Lipinski definition) is 8. The molecule has 0 saturated carbocycles. The SMILES string of the molecule is Cn1cc2c(NCC3CCCCN3CCn3nc4c(cc3=O)CSCC4)ncnc2n1. The smallest absolute Gasteiger partial charge is 0.267 e. The fourth-order valence-corrected chi connectivity index (χ4v) is 5.48. The van der Waals surface area contributed by atoms with E-state index in [1.807, 2.05) is 25.0 Å². The van der Waals surface area contributed by atoms with E-state index in [1.54, 1.807) is 21.8 Å². The molecule has 1 N–H and O–H groups in total. The molecule has 1 saturated heterocycles. The van der Waals surface area contributed by atoms with Crippen LogP contribution in [0.2, 0.25) is 0 Å². The third-order valence-corrected chi connectivity index (χ3v) is 7.20. The van der Waals surface area contributed by atoms with Crippen molar-refractivity contribution < 1.29 is 0 Å². The van der Waals surface area contributed by atoms with E-state index in [0.29, 0.717) is 18.2 Å². The Balaban J connectivity index is 1.25. The summed E-state index contributed by atoms with van der Waals surface area (Å²) < 4.78 is 3.43. The average Bonchev–Trinajstić information content (AvgIpc) is 3.17. The summed E-state index contributed by atoms with van der Waals surface area (Å²) in [5.41, 5.74) is 2.94. The number of nitrogens with one attached hydrogen (secondary N) is 1. The molecule has 1 atom stereocenters. The fraction of sp³-hybridized carbons (Fsp3) is 0.571. The Labute approximate surface area is 185 Å². The number of anilines is 1. The molecule has 1 unspecified atom stereocenters. The number of rotatable bonds is 6. The molecular formula is C21H28N8OS. The van der Waals surface area contributed by atoms with Crippen LogP contribution in [0.25, 0.3) is 11.0 Å². The molecular weight excluding hydrogens is 412 g/mol. The van der Waals surface area contributed by atoms with Gasteiger partial charge in [-0.1, -0.05) is 6.42 Å². The van der Waals surface area contributed by atoms with Gasteiger partial charge in [-0.2, -0.15) is 22.0 Å². The van der Waals surface area contributed by atoms with E-state index in [4.69, 9.17) is 0 Å². The van der Waals surface area contributed by atoms with Gasteiger partial charge in [-0.25, -0.2) is 14.6 Å². The molecule has 0 aromatic carbocycles.